The standard InChI is InChI=1S/C14H24N2O2S/c1-9(2)6-13(17)16-8-19-7-12(16)14(18)15-11(5)10(3)4/h6,10-12H,7-8H2,1-5H3,(H,15,18). The van der Waals surface area contributed by atoms with Crippen LogP contribution in [0, 0.1) is 5.92 Å². The van der Waals surface area contributed by atoms with Crippen LogP contribution in [0.15, 0.2) is 11.6 Å². The van der Waals surface area contributed by atoms with Gasteiger partial charge in [-0.25, -0.2) is 0 Å². The Morgan fingerprint density at radius 1 is 1.32 bits per heavy atom. The fourth-order valence-electron chi connectivity index (χ4n) is 1.69. The van der Waals surface area contributed by atoms with E-state index in [0.717, 1.165) is 5.57 Å². The van der Waals surface area contributed by atoms with E-state index in [2.05, 4.69) is 19.2 Å². The second kappa shape index (κ2) is 6.98. The summed E-state index contributed by atoms with van der Waals surface area (Å²) in [6.45, 7) is 9.90. The van der Waals surface area contributed by atoms with E-state index in [4.69, 9.17) is 0 Å². The van der Waals surface area contributed by atoms with Gasteiger partial charge in [-0.05, 0) is 26.7 Å². The van der Waals surface area contributed by atoms with Crippen molar-refractivity contribution in [3.63, 3.8) is 0 Å². The summed E-state index contributed by atoms with van der Waals surface area (Å²) in [5.74, 6) is 1.56. The number of thioether (sulfide) groups is 1. The Morgan fingerprint density at radius 3 is 2.47 bits per heavy atom. The van der Waals surface area contributed by atoms with Crippen molar-refractivity contribution in [1.29, 1.82) is 0 Å². The first kappa shape index (κ1) is 16.1. The van der Waals surface area contributed by atoms with Crippen LogP contribution in [0.25, 0.3) is 0 Å². The molecule has 0 saturated carbocycles. The zero-order chi connectivity index (χ0) is 14.6. The summed E-state index contributed by atoms with van der Waals surface area (Å²) in [5.41, 5.74) is 0.955. The topological polar surface area (TPSA) is 49.4 Å². The van der Waals surface area contributed by atoms with Crippen LogP contribution in [0.4, 0.5) is 0 Å². The van der Waals surface area contributed by atoms with E-state index < -0.39 is 0 Å². The number of nitrogens with one attached hydrogen (secondary N) is 1. The Balaban J connectivity index is 2.68. The largest absolute Gasteiger partial charge is 0.352 e. The molecule has 0 spiro atoms. The number of allylic oxidation sites excluding steroid dienone is 1. The molecule has 1 aliphatic rings. The molecule has 2 unspecified atom stereocenters. The van der Waals surface area contributed by atoms with Crippen LogP contribution in [-0.4, -0.2) is 40.4 Å². The van der Waals surface area contributed by atoms with Crippen molar-refractivity contribution in [2.75, 3.05) is 11.6 Å². The highest BCUT2D eigenvalue weighted by molar-refractivity contribution is 7.99. The van der Waals surface area contributed by atoms with Crippen molar-refractivity contribution in [1.82, 2.24) is 10.2 Å². The van der Waals surface area contributed by atoms with Gasteiger partial charge in [0.1, 0.15) is 6.04 Å². The second-order valence-corrected chi connectivity index (χ2v) is 6.59. The van der Waals surface area contributed by atoms with Gasteiger partial charge in [-0.2, -0.15) is 0 Å². The first-order chi connectivity index (χ1) is 8.82. The zero-order valence-electron chi connectivity index (χ0n) is 12.4. The number of amides is 2. The lowest BCUT2D eigenvalue weighted by atomic mass is 10.1. The third-order valence-electron chi connectivity index (χ3n) is 3.25. The van der Waals surface area contributed by atoms with E-state index in [0.29, 0.717) is 17.5 Å². The Kier molecular flexibility index (Phi) is 5.91. The van der Waals surface area contributed by atoms with E-state index in [1.165, 1.54) is 0 Å². The molecule has 2 atom stereocenters. The van der Waals surface area contributed by atoms with Gasteiger partial charge in [0.2, 0.25) is 11.8 Å². The molecule has 0 aliphatic carbocycles. The smallest absolute Gasteiger partial charge is 0.247 e. The number of nitrogens with zero attached hydrogens (tertiary/aromatic N) is 1. The highest BCUT2D eigenvalue weighted by Gasteiger charge is 2.34. The molecule has 5 heteroatoms. The van der Waals surface area contributed by atoms with Crippen molar-refractivity contribution < 1.29 is 9.59 Å². The van der Waals surface area contributed by atoms with Crippen LogP contribution in [0.5, 0.6) is 0 Å². The molecule has 4 nitrogen and oxygen atoms in total. The lowest BCUT2D eigenvalue weighted by Gasteiger charge is -2.25. The molecule has 19 heavy (non-hydrogen) atoms. The maximum Gasteiger partial charge on any atom is 0.247 e. The predicted octanol–water partition coefficient (Wildman–Crippen LogP) is 2.01. The third-order valence-corrected chi connectivity index (χ3v) is 4.26. The van der Waals surface area contributed by atoms with Gasteiger partial charge in [0.15, 0.2) is 0 Å². The second-order valence-electron chi connectivity index (χ2n) is 5.59. The fourth-order valence-corrected chi connectivity index (χ4v) is 2.86. The number of rotatable bonds is 4. The van der Waals surface area contributed by atoms with Gasteiger partial charge in [0.25, 0.3) is 0 Å². The van der Waals surface area contributed by atoms with E-state index in [1.54, 1.807) is 22.7 Å². The summed E-state index contributed by atoms with van der Waals surface area (Å²) in [4.78, 5) is 25.9. The fraction of sp³-hybridized carbons (Fsp3) is 0.714. The molecule has 1 saturated heterocycles. The van der Waals surface area contributed by atoms with Gasteiger partial charge in [0.05, 0.1) is 5.88 Å². The van der Waals surface area contributed by atoms with E-state index >= 15 is 0 Å². The summed E-state index contributed by atoms with van der Waals surface area (Å²) in [5, 5.41) is 2.99. The molecule has 1 rings (SSSR count). The van der Waals surface area contributed by atoms with Crippen molar-refractivity contribution in [2.45, 2.75) is 46.7 Å². The Hall–Kier alpha value is -0.970. The van der Waals surface area contributed by atoms with Crippen LogP contribution in [-0.2, 0) is 9.59 Å². The maximum absolute atomic E-state index is 12.2. The molecule has 1 aliphatic heterocycles. The summed E-state index contributed by atoms with van der Waals surface area (Å²) in [6, 6.07) is -0.215. The monoisotopic (exact) mass is 284 g/mol. The van der Waals surface area contributed by atoms with E-state index in [1.807, 2.05) is 20.8 Å². The summed E-state index contributed by atoms with van der Waals surface area (Å²) in [7, 11) is 0. The van der Waals surface area contributed by atoms with Crippen molar-refractivity contribution in [3.05, 3.63) is 11.6 Å². The highest BCUT2D eigenvalue weighted by atomic mass is 32.2. The number of hydrogen-bond donors (Lipinski definition) is 1. The molecule has 0 aromatic carbocycles. The van der Waals surface area contributed by atoms with Crippen LogP contribution < -0.4 is 5.32 Å². The molecule has 1 N–H and O–H groups in total. The third kappa shape index (κ3) is 4.56. The van der Waals surface area contributed by atoms with E-state index in [9.17, 15) is 9.59 Å². The zero-order valence-corrected chi connectivity index (χ0v) is 13.2. The predicted molar refractivity (Wildman–Crippen MR) is 79.8 cm³/mol. The first-order valence-corrected chi connectivity index (χ1v) is 7.82. The lowest BCUT2D eigenvalue weighted by molar-refractivity contribution is -0.135. The Labute approximate surface area is 120 Å². The van der Waals surface area contributed by atoms with Gasteiger partial charge >= 0.3 is 0 Å². The molecule has 0 bridgehead atoms. The van der Waals surface area contributed by atoms with Gasteiger partial charge in [-0.1, -0.05) is 19.4 Å². The number of carbonyl (C=O) groups is 2. The minimum atomic E-state index is -0.339. The molecule has 0 radical (unpaired) electrons. The van der Waals surface area contributed by atoms with Crippen molar-refractivity contribution >= 4 is 23.6 Å². The quantitative estimate of drug-likeness (QED) is 0.804. The molecule has 0 aromatic rings. The van der Waals surface area contributed by atoms with Crippen LogP contribution in [0.3, 0.4) is 0 Å². The molecular formula is C14H24N2O2S. The normalized spacial score (nSPS) is 20.3. The lowest BCUT2D eigenvalue weighted by Crippen LogP contribution is -2.50. The minimum Gasteiger partial charge on any atom is -0.352 e. The molecule has 2 amide bonds. The Bertz CT molecular complexity index is 376. The molecule has 1 fully saturated rings. The van der Waals surface area contributed by atoms with E-state index in [-0.39, 0.29) is 23.9 Å². The van der Waals surface area contributed by atoms with Gasteiger partial charge in [0, 0.05) is 17.9 Å². The molecule has 0 aromatic heterocycles. The summed E-state index contributed by atoms with van der Waals surface area (Å²) < 4.78 is 0. The molecule has 1 heterocycles. The van der Waals surface area contributed by atoms with Crippen molar-refractivity contribution in [3.8, 4) is 0 Å². The summed E-state index contributed by atoms with van der Waals surface area (Å²) >= 11 is 1.62. The van der Waals surface area contributed by atoms with Gasteiger partial charge in [-0.3, -0.25) is 9.59 Å². The maximum atomic E-state index is 12.2. The average Bonchev–Trinajstić information content (AvgIpc) is 2.76. The SMILES string of the molecule is CC(C)=CC(=O)N1CSCC1C(=O)NC(C)C(C)C. The molecule has 108 valence electrons. The number of carbonyl (C=O) groups excluding carboxylic acids is 2. The Morgan fingerprint density at radius 2 is 1.95 bits per heavy atom. The summed E-state index contributed by atoms with van der Waals surface area (Å²) in [6.07, 6.45) is 1.60. The highest BCUT2D eigenvalue weighted by Crippen LogP contribution is 2.22. The van der Waals surface area contributed by atoms with Crippen LogP contribution in [0.1, 0.15) is 34.6 Å². The average molecular weight is 284 g/mol. The number of hydrogen-bond acceptors (Lipinski definition) is 3. The van der Waals surface area contributed by atoms with Gasteiger partial charge in [-0.15, -0.1) is 11.8 Å². The van der Waals surface area contributed by atoms with Crippen molar-refractivity contribution in [2.24, 2.45) is 5.92 Å². The van der Waals surface area contributed by atoms with Gasteiger partial charge < -0.3 is 10.2 Å². The van der Waals surface area contributed by atoms with Crippen LogP contribution >= 0.6 is 11.8 Å². The molecular weight excluding hydrogens is 260 g/mol. The minimum absolute atomic E-state index is 0.0401. The van der Waals surface area contributed by atoms with Crippen LogP contribution in [0.2, 0.25) is 0 Å². The first-order valence-electron chi connectivity index (χ1n) is 6.66.